The van der Waals surface area contributed by atoms with Gasteiger partial charge in [-0.2, -0.15) is 13.2 Å². The molecule has 1 saturated carbocycles. The highest BCUT2D eigenvalue weighted by atomic mass is 19.4. The summed E-state index contributed by atoms with van der Waals surface area (Å²) < 4.78 is 49.0. The van der Waals surface area contributed by atoms with Gasteiger partial charge in [-0.25, -0.2) is 0 Å². The van der Waals surface area contributed by atoms with Crippen molar-refractivity contribution < 1.29 is 22.6 Å². The van der Waals surface area contributed by atoms with Gasteiger partial charge in [-0.3, -0.25) is 0 Å². The predicted molar refractivity (Wildman–Crippen MR) is 68.4 cm³/mol. The molecule has 0 aromatic heterocycles. The molecule has 0 amide bonds. The lowest BCUT2D eigenvalue weighted by Crippen LogP contribution is -2.17. The number of halogens is 3. The second-order valence-electron chi connectivity index (χ2n) is 4.74. The molecule has 0 atom stereocenters. The maximum Gasteiger partial charge on any atom is 0.419 e. The van der Waals surface area contributed by atoms with Crippen molar-refractivity contribution in [3.8, 4) is 5.75 Å². The number of nitrogens with one attached hydrogen (secondary N) is 1. The Morgan fingerprint density at radius 1 is 1.30 bits per heavy atom. The third kappa shape index (κ3) is 4.38. The molecule has 0 spiro atoms. The van der Waals surface area contributed by atoms with E-state index >= 15 is 0 Å². The van der Waals surface area contributed by atoms with E-state index in [0.717, 1.165) is 18.9 Å². The van der Waals surface area contributed by atoms with Crippen molar-refractivity contribution in [2.75, 3.05) is 13.4 Å². The molecular formula is C14H18F3NO2. The molecule has 6 heteroatoms. The van der Waals surface area contributed by atoms with Crippen molar-refractivity contribution >= 4 is 0 Å². The van der Waals surface area contributed by atoms with Crippen molar-refractivity contribution in [1.29, 1.82) is 0 Å². The molecule has 1 aromatic carbocycles. The van der Waals surface area contributed by atoms with E-state index < -0.39 is 11.7 Å². The molecule has 0 unspecified atom stereocenters. The summed E-state index contributed by atoms with van der Waals surface area (Å²) in [5.74, 6) is -0.193. The molecule has 3 nitrogen and oxygen atoms in total. The van der Waals surface area contributed by atoms with Crippen LogP contribution in [0.25, 0.3) is 0 Å². The second kappa shape index (κ2) is 6.45. The van der Waals surface area contributed by atoms with E-state index in [1.165, 1.54) is 6.07 Å². The van der Waals surface area contributed by atoms with Gasteiger partial charge in [0.2, 0.25) is 0 Å². The predicted octanol–water partition coefficient (Wildman–Crippen LogP) is 3.33. The number of hydrogen-bond acceptors (Lipinski definition) is 3. The van der Waals surface area contributed by atoms with Crippen molar-refractivity contribution in [1.82, 2.24) is 5.32 Å². The summed E-state index contributed by atoms with van der Waals surface area (Å²) in [6.45, 7) is 2.41. The largest absolute Gasteiger partial charge is 0.467 e. The first-order chi connectivity index (χ1) is 9.50. The minimum absolute atomic E-state index is 0.181. The molecule has 20 heavy (non-hydrogen) atoms. The van der Waals surface area contributed by atoms with E-state index in [1.54, 1.807) is 13.0 Å². The van der Waals surface area contributed by atoms with Crippen molar-refractivity contribution in [2.24, 2.45) is 0 Å². The number of ether oxygens (including phenoxy) is 2. The molecular weight excluding hydrogens is 271 g/mol. The Hall–Kier alpha value is -1.27. The molecule has 0 bridgehead atoms. The summed E-state index contributed by atoms with van der Waals surface area (Å²) in [6, 6.07) is 4.59. The van der Waals surface area contributed by atoms with Gasteiger partial charge < -0.3 is 14.8 Å². The first kappa shape index (κ1) is 15.1. The normalized spacial score (nSPS) is 15.4. The molecule has 112 valence electrons. The van der Waals surface area contributed by atoms with Crippen LogP contribution in [0, 0.1) is 0 Å². The van der Waals surface area contributed by atoms with Crippen LogP contribution < -0.4 is 10.1 Å². The fourth-order valence-electron chi connectivity index (χ4n) is 1.77. The Labute approximate surface area is 116 Å². The molecule has 0 heterocycles. The smallest absolute Gasteiger partial charge is 0.419 e. The Morgan fingerprint density at radius 3 is 2.65 bits per heavy atom. The van der Waals surface area contributed by atoms with Crippen molar-refractivity contribution in [3.05, 3.63) is 29.3 Å². The van der Waals surface area contributed by atoms with Crippen LogP contribution in [0.4, 0.5) is 13.2 Å². The zero-order chi connectivity index (χ0) is 14.6. The van der Waals surface area contributed by atoms with Crippen LogP contribution in [0.3, 0.4) is 0 Å². The van der Waals surface area contributed by atoms with Gasteiger partial charge in [0.15, 0.2) is 6.79 Å². The van der Waals surface area contributed by atoms with Crippen LogP contribution >= 0.6 is 0 Å². The van der Waals surface area contributed by atoms with Gasteiger partial charge in [-0.15, -0.1) is 0 Å². The minimum atomic E-state index is -4.43. The molecule has 1 aromatic rings. The summed E-state index contributed by atoms with van der Waals surface area (Å²) in [6.07, 6.45) is -2.24. The molecule has 0 radical (unpaired) electrons. The number of hydrogen-bond donors (Lipinski definition) is 1. The van der Waals surface area contributed by atoms with Crippen LogP contribution in [0.5, 0.6) is 5.75 Å². The van der Waals surface area contributed by atoms with Crippen LogP contribution in [-0.2, 0) is 17.5 Å². The summed E-state index contributed by atoms with van der Waals surface area (Å²) in [5.41, 5.74) is -0.153. The van der Waals surface area contributed by atoms with Crippen LogP contribution in [-0.4, -0.2) is 19.4 Å². The SMILES string of the molecule is CCOCOc1ccc(CNC2CC2)cc1C(F)(F)F. The lowest BCUT2D eigenvalue weighted by Gasteiger charge is -2.15. The molecule has 0 saturated heterocycles. The Morgan fingerprint density at radius 2 is 2.05 bits per heavy atom. The fourth-order valence-corrected chi connectivity index (χ4v) is 1.77. The molecule has 1 fully saturated rings. The Kier molecular flexibility index (Phi) is 4.88. The van der Waals surface area contributed by atoms with Gasteiger partial charge in [0, 0.05) is 19.2 Å². The van der Waals surface area contributed by atoms with Crippen LogP contribution in [0.1, 0.15) is 30.9 Å². The van der Waals surface area contributed by atoms with Crippen molar-refractivity contribution in [2.45, 2.75) is 38.5 Å². The summed E-state index contributed by atoms with van der Waals surface area (Å²) in [5, 5.41) is 3.19. The quantitative estimate of drug-likeness (QED) is 0.617. The van der Waals surface area contributed by atoms with Gasteiger partial charge in [-0.1, -0.05) is 6.07 Å². The van der Waals surface area contributed by atoms with Gasteiger partial charge in [0.25, 0.3) is 0 Å². The van der Waals surface area contributed by atoms with Gasteiger partial charge in [0.05, 0.1) is 5.56 Å². The van der Waals surface area contributed by atoms with E-state index in [0.29, 0.717) is 24.8 Å². The first-order valence-corrected chi connectivity index (χ1v) is 6.64. The monoisotopic (exact) mass is 289 g/mol. The topological polar surface area (TPSA) is 30.5 Å². The Balaban J connectivity index is 2.09. The molecule has 0 aliphatic heterocycles. The number of benzene rings is 1. The summed E-state index contributed by atoms with van der Waals surface area (Å²) in [7, 11) is 0. The lowest BCUT2D eigenvalue weighted by molar-refractivity contribution is -0.139. The highest BCUT2D eigenvalue weighted by Crippen LogP contribution is 2.37. The molecule has 1 aliphatic carbocycles. The lowest BCUT2D eigenvalue weighted by atomic mass is 10.1. The summed E-state index contributed by atoms with van der Waals surface area (Å²) in [4.78, 5) is 0. The van der Waals surface area contributed by atoms with Crippen LogP contribution in [0.2, 0.25) is 0 Å². The maximum absolute atomic E-state index is 13.0. The van der Waals surface area contributed by atoms with E-state index in [9.17, 15) is 13.2 Å². The van der Waals surface area contributed by atoms with Crippen molar-refractivity contribution in [3.63, 3.8) is 0 Å². The third-order valence-electron chi connectivity index (χ3n) is 3.02. The average molecular weight is 289 g/mol. The molecule has 1 N–H and O–H groups in total. The highest BCUT2D eigenvalue weighted by molar-refractivity contribution is 5.39. The zero-order valence-corrected chi connectivity index (χ0v) is 11.3. The van der Waals surface area contributed by atoms with E-state index in [1.807, 2.05) is 0 Å². The van der Waals surface area contributed by atoms with E-state index in [4.69, 9.17) is 9.47 Å². The molecule has 2 rings (SSSR count). The number of alkyl halides is 3. The molecule has 1 aliphatic rings. The Bertz CT molecular complexity index is 445. The average Bonchev–Trinajstić information content (AvgIpc) is 3.20. The van der Waals surface area contributed by atoms with E-state index in [2.05, 4.69) is 5.32 Å². The fraction of sp³-hybridized carbons (Fsp3) is 0.571. The van der Waals surface area contributed by atoms with Gasteiger partial charge in [0.1, 0.15) is 5.75 Å². The maximum atomic E-state index is 13.0. The van der Waals surface area contributed by atoms with Gasteiger partial charge >= 0.3 is 6.18 Å². The highest BCUT2D eigenvalue weighted by Gasteiger charge is 2.34. The number of rotatable bonds is 7. The standard InChI is InChI=1S/C14H18F3NO2/c1-2-19-9-20-13-6-3-10(8-18-11-4-5-11)7-12(13)14(15,16)17/h3,6-7,11,18H,2,4-5,8-9H2,1H3. The van der Waals surface area contributed by atoms with E-state index in [-0.39, 0.29) is 12.5 Å². The minimum Gasteiger partial charge on any atom is -0.467 e. The first-order valence-electron chi connectivity index (χ1n) is 6.64. The van der Waals surface area contributed by atoms with Crippen LogP contribution in [0.15, 0.2) is 18.2 Å². The zero-order valence-electron chi connectivity index (χ0n) is 11.3. The third-order valence-corrected chi connectivity index (χ3v) is 3.02. The van der Waals surface area contributed by atoms with Gasteiger partial charge in [-0.05, 0) is 37.5 Å². The summed E-state index contributed by atoms with van der Waals surface area (Å²) >= 11 is 0. The second-order valence-corrected chi connectivity index (χ2v) is 4.74.